The van der Waals surface area contributed by atoms with Gasteiger partial charge in [0.05, 0.1) is 24.2 Å². The SMILES string of the molecule is CC(C)(C)C(=O)C1C(c2cccnc2)C(C#N)(C#N)C2c3ccccc3C=CN12. The van der Waals surface area contributed by atoms with Gasteiger partial charge in [-0.05, 0) is 28.8 Å². The molecule has 144 valence electrons. The summed E-state index contributed by atoms with van der Waals surface area (Å²) >= 11 is 0. The van der Waals surface area contributed by atoms with Crippen LogP contribution in [-0.4, -0.2) is 21.7 Å². The maximum absolute atomic E-state index is 13.6. The number of ketones is 1. The van der Waals surface area contributed by atoms with Crippen LogP contribution in [0.1, 0.15) is 49.4 Å². The number of nitriles is 2. The Morgan fingerprint density at radius 3 is 2.48 bits per heavy atom. The zero-order valence-corrected chi connectivity index (χ0v) is 16.7. The standard InChI is InChI=1S/C24H22N4O/c1-23(2,3)22(29)20-19(17-8-6-11-27-13-17)24(14-25,15-26)21-18-9-5-4-7-16(18)10-12-28(20)21/h4-13,19-21H,1-3H3. The fourth-order valence-electron chi connectivity index (χ4n) is 4.67. The molecule has 3 unspecified atom stereocenters. The summed E-state index contributed by atoms with van der Waals surface area (Å²) in [6, 6.07) is 14.9. The third kappa shape index (κ3) is 2.66. The van der Waals surface area contributed by atoms with Crippen molar-refractivity contribution in [3.05, 3.63) is 71.7 Å². The van der Waals surface area contributed by atoms with E-state index in [9.17, 15) is 15.3 Å². The molecule has 3 heterocycles. The van der Waals surface area contributed by atoms with Gasteiger partial charge in [-0.25, -0.2) is 0 Å². The number of pyridine rings is 1. The van der Waals surface area contributed by atoms with E-state index in [1.54, 1.807) is 18.5 Å². The molecule has 3 atom stereocenters. The number of hydrogen-bond donors (Lipinski definition) is 0. The van der Waals surface area contributed by atoms with Crippen molar-refractivity contribution in [2.24, 2.45) is 10.8 Å². The highest BCUT2D eigenvalue weighted by Crippen LogP contribution is 2.60. The number of rotatable bonds is 2. The summed E-state index contributed by atoms with van der Waals surface area (Å²) < 4.78 is 0. The van der Waals surface area contributed by atoms with Crippen LogP contribution in [0.2, 0.25) is 0 Å². The molecule has 5 nitrogen and oxygen atoms in total. The largest absolute Gasteiger partial charge is 0.357 e. The van der Waals surface area contributed by atoms with Crippen LogP contribution >= 0.6 is 0 Å². The van der Waals surface area contributed by atoms with E-state index in [4.69, 9.17) is 0 Å². The average Bonchev–Trinajstić information content (AvgIpc) is 3.04. The van der Waals surface area contributed by atoms with E-state index in [-0.39, 0.29) is 5.78 Å². The second-order valence-corrected chi connectivity index (χ2v) is 8.71. The predicted octanol–water partition coefficient (Wildman–Crippen LogP) is 4.22. The number of hydrogen-bond acceptors (Lipinski definition) is 5. The normalized spacial score (nSPS) is 24.2. The summed E-state index contributed by atoms with van der Waals surface area (Å²) in [5.74, 6) is -0.605. The Labute approximate surface area is 170 Å². The molecule has 0 amide bonds. The molecular formula is C24H22N4O. The van der Waals surface area contributed by atoms with E-state index >= 15 is 0 Å². The lowest BCUT2D eigenvalue weighted by Gasteiger charge is -2.36. The Kier molecular flexibility index (Phi) is 4.28. The van der Waals surface area contributed by atoms with Gasteiger partial charge in [0.25, 0.3) is 0 Å². The molecule has 0 aliphatic carbocycles. The number of nitrogens with zero attached hydrogens (tertiary/aromatic N) is 4. The van der Waals surface area contributed by atoms with Crippen LogP contribution in [0.5, 0.6) is 0 Å². The second kappa shape index (κ2) is 6.57. The van der Waals surface area contributed by atoms with Gasteiger partial charge in [-0.2, -0.15) is 10.5 Å². The predicted molar refractivity (Wildman–Crippen MR) is 109 cm³/mol. The highest BCUT2D eigenvalue weighted by molar-refractivity contribution is 5.91. The number of carbonyl (C=O) groups excluding carboxylic acids is 1. The van der Waals surface area contributed by atoms with E-state index < -0.39 is 28.8 Å². The average molecular weight is 382 g/mol. The monoisotopic (exact) mass is 382 g/mol. The summed E-state index contributed by atoms with van der Waals surface area (Å²) in [4.78, 5) is 19.8. The van der Waals surface area contributed by atoms with Crippen molar-refractivity contribution in [2.75, 3.05) is 0 Å². The van der Waals surface area contributed by atoms with Crippen molar-refractivity contribution < 1.29 is 4.79 Å². The first-order valence-corrected chi connectivity index (χ1v) is 9.66. The minimum absolute atomic E-state index is 0.00718. The van der Waals surface area contributed by atoms with E-state index in [1.165, 1.54) is 0 Å². The molecule has 2 aliphatic heterocycles. The number of carbonyl (C=O) groups is 1. The Morgan fingerprint density at radius 1 is 1.14 bits per heavy atom. The van der Waals surface area contributed by atoms with Gasteiger partial charge in [0.15, 0.2) is 11.2 Å². The molecule has 1 aromatic carbocycles. The van der Waals surface area contributed by atoms with Crippen LogP contribution in [-0.2, 0) is 4.79 Å². The molecule has 1 saturated heterocycles. The lowest BCUT2D eigenvalue weighted by atomic mass is 9.66. The van der Waals surface area contributed by atoms with Crippen molar-refractivity contribution in [2.45, 2.75) is 38.8 Å². The first-order valence-electron chi connectivity index (χ1n) is 9.66. The number of aromatic nitrogens is 1. The van der Waals surface area contributed by atoms with Crippen LogP contribution in [0.25, 0.3) is 6.08 Å². The minimum Gasteiger partial charge on any atom is -0.357 e. The second-order valence-electron chi connectivity index (χ2n) is 8.71. The third-order valence-corrected chi connectivity index (χ3v) is 6.00. The van der Waals surface area contributed by atoms with Crippen LogP contribution < -0.4 is 0 Å². The highest BCUT2D eigenvalue weighted by Gasteiger charge is 2.64. The third-order valence-electron chi connectivity index (χ3n) is 6.00. The molecule has 2 aliphatic rings. The molecule has 1 aromatic heterocycles. The molecule has 1 fully saturated rings. The molecule has 0 bridgehead atoms. The zero-order valence-electron chi connectivity index (χ0n) is 16.7. The lowest BCUT2D eigenvalue weighted by molar-refractivity contribution is -0.130. The van der Waals surface area contributed by atoms with E-state index in [2.05, 4.69) is 17.1 Å². The maximum Gasteiger partial charge on any atom is 0.177 e. The van der Waals surface area contributed by atoms with Gasteiger partial charge >= 0.3 is 0 Å². The molecule has 4 rings (SSSR count). The Hall–Kier alpha value is -3.44. The van der Waals surface area contributed by atoms with Crippen LogP contribution in [0.3, 0.4) is 0 Å². The summed E-state index contributed by atoms with van der Waals surface area (Å²) in [6.07, 6.45) is 7.16. The van der Waals surface area contributed by atoms with Gasteiger partial charge in [0, 0.05) is 29.9 Å². The Balaban J connectivity index is 2.02. The summed E-state index contributed by atoms with van der Waals surface area (Å²) in [7, 11) is 0. The van der Waals surface area contributed by atoms with E-state index in [1.807, 2.05) is 68.3 Å². The van der Waals surface area contributed by atoms with E-state index in [0.717, 1.165) is 16.7 Å². The van der Waals surface area contributed by atoms with Crippen molar-refractivity contribution >= 4 is 11.9 Å². The quantitative estimate of drug-likeness (QED) is 0.777. The maximum atomic E-state index is 13.6. The smallest absolute Gasteiger partial charge is 0.177 e. The fraction of sp³-hybridized carbons (Fsp3) is 0.333. The van der Waals surface area contributed by atoms with Gasteiger partial charge < -0.3 is 4.90 Å². The van der Waals surface area contributed by atoms with Gasteiger partial charge in [-0.15, -0.1) is 0 Å². The summed E-state index contributed by atoms with van der Waals surface area (Å²) in [5.41, 5.74) is 0.559. The van der Waals surface area contributed by atoms with Crippen molar-refractivity contribution in [1.29, 1.82) is 10.5 Å². The number of benzene rings is 1. The Morgan fingerprint density at radius 2 is 1.86 bits per heavy atom. The molecule has 5 heteroatoms. The van der Waals surface area contributed by atoms with E-state index in [0.29, 0.717) is 0 Å². The topological polar surface area (TPSA) is 80.8 Å². The zero-order chi connectivity index (χ0) is 20.8. The lowest BCUT2D eigenvalue weighted by Crippen LogP contribution is -2.43. The molecule has 0 spiro atoms. The molecule has 0 saturated carbocycles. The van der Waals surface area contributed by atoms with Gasteiger partial charge in [-0.1, -0.05) is 51.1 Å². The van der Waals surface area contributed by atoms with Gasteiger partial charge in [-0.3, -0.25) is 9.78 Å². The molecule has 29 heavy (non-hydrogen) atoms. The van der Waals surface area contributed by atoms with Crippen molar-refractivity contribution in [3.63, 3.8) is 0 Å². The van der Waals surface area contributed by atoms with Crippen molar-refractivity contribution in [1.82, 2.24) is 9.88 Å². The van der Waals surface area contributed by atoms with Crippen LogP contribution in [0.15, 0.2) is 55.0 Å². The first kappa shape index (κ1) is 18.9. The fourth-order valence-corrected chi connectivity index (χ4v) is 4.67. The Bertz CT molecular complexity index is 1050. The first-order chi connectivity index (χ1) is 13.8. The minimum atomic E-state index is -1.42. The molecule has 0 radical (unpaired) electrons. The van der Waals surface area contributed by atoms with Gasteiger partial charge in [0.1, 0.15) is 0 Å². The molecule has 2 aromatic rings. The molecule has 0 N–H and O–H groups in total. The molecular weight excluding hydrogens is 360 g/mol. The highest BCUT2D eigenvalue weighted by atomic mass is 16.1. The summed E-state index contributed by atoms with van der Waals surface area (Å²) in [6.45, 7) is 5.64. The summed E-state index contributed by atoms with van der Waals surface area (Å²) in [5, 5.41) is 20.7. The van der Waals surface area contributed by atoms with Crippen LogP contribution in [0.4, 0.5) is 0 Å². The van der Waals surface area contributed by atoms with Crippen LogP contribution in [0, 0.1) is 33.5 Å². The number of fused-ring (bicyclic) bond motifs is 3. The van der Waals surface area contributed by atoms with Gasteiger partial charge in [0.2, 0.25) is 0 Å². The number of Topliss-reactive ketones (excluding diaryl/α,β-unsaturated/α-hetero) is 1. The van der Waals surface area contributed by atoms with Crippen molar-refractivity contribution in [3.8, 4) is 12.1 Å².